The topological polar surface area (TPSA) is 0 Å². The number of benzene rings is 1. The Labute approximate surface area is 321 Å². The molecule has 0 saturated carbocycles. The van der Waals surface area contributed by atoms with Gasteiger partial charge in [-0.1, -0.05) is 73.3 Å². The van der Waals surface area contributed by atoms with Gasteiger partial charge in [-0.3, -0.25) is 18.2 Å². The maximum Gasteiger partial charge on any atom is 4.00 e. The van der Waals surface area contributed by atoms with Gasteiger partial charge in [-0.25, -0.2) is 22.8 Å². The quantitative estimate of drug-likeness (QED) is 0.185. The van der Waals surface area contributed by atoms with Gasteiger partial charge >= 0.3 is 52.4 Å². The molecule has 0 fully saturated rings. The Bertz CT molecular complexity index is 1140. The van der Waals surface area contributed by atoms with Crippen molar-refractivity contribution in [1.29, 1.82) is 0 Å². The van der Waals surface area contributed by atoms with Gasteiger partial charge < -0.3 is 27.2 Å². The Morgan fingerprint density at radius 1 is 0.795 bits per heavy atom. The Morgan fingerprint density at radius 2 is 1.20 bits per heavy atom. The van der Waals surface area contributed by atoms with Crippen LogP contribution < -0.4 is 0 Å². The Hall–Kier alpha value is -0.530. The normalized spacial score (nSPS) is 16.8. The third-order valence-electron chi connectivity index (χ3n) is 7.11. The van der Waals surface area contributed by atoms with E-state index in [1.165, 1.54) is 55.3 Å². The van der Waals surface area contributed by atoms with Crippen LogP contribution in [0.2, 0.25) is 0 Å². The van der Waals surface area contributed by atoms with Crippen LogP contribution in [0.4, 0.5) is 0 Å². The second kappa shape index (κ2) is 29.8. The van der Waals surface area contributed by atoms with Crippen molar-refractivity contribution in [3.63, 3.8) is 0 Å². The van der Waals surface area contributed by atoms with Gasteiger partial charge in [0.05, 0.1) is 0 Å². The van der Waals surface area contributed by atoms with E-state index in [0.29, 0.717) is 11.8 Å². The first kappa shape index (κ1) is 53.0. The van der Waals surface area contributed by atoms with Crippen molar-refractivity contribution in [1.82, 2.24) is 0 Å². The largest absolute Gasteiger partial charge is 4.00 e. The van der Waals surface area contributed by atoms with Crippen LogP contribution in [0.5, 0.6) is 0 Å². The van der Waals surface area contributed by atoms with E-state index in [1.807, 2.05) is 13.0 Å². The molecule has 0 amide bonds. The summed E-state index contributed by atoms with van der Waals surface area (Å²) in [5, 5.41) is 2.69. The minimum Gasteiger partial charge on any atom is -0.372 e. The number of allylic oxidation sites excluding steroid dienone is 12. The maximum absolute atomic E-state index is 3.49. The summed E-state index contributed by atoms with van der Waals surface area (Å²) in [7, 11) is 0. The Morgan fingerprint density at radius 3 is 1.43 bits per heavy atom. The van der Waals surface area contributed by atoms with E-state index < -0.39 is 0 Å². The molecular weight excluding hydrogens is 719 g/mol. The van der Waals surface area contributed by atoms with Crippen molar-refractivity contribution in [2.75, 3.05) is 0 Å². The Kier molecular flexibility index (Phi) is 35.9. The molecule has 2 aromatic rings. The minimum absolute atomic E-state index is 0. The van der Waals surface area contributed by atoms with E-state index in [9.17, 15) is 0 Å². The summed E-state index contributed by atoms with van der Waals surface area (Å²) in [5.41, 5.74) is 11.2. The zero-order chi connectivity index (χ0) is 30.8. The number of aryl methyl sites for hydroxylation is 1. The molecule has 0 nitrogen and oxygen atoms in total. The molecule has 4 heteroatoms. The summed E-state index contributed by atoms with van der Waals surface area (Å²) in [6.45, 7) is 33.8. The molecule has 0 aliphatic heterocycles. The average molecular weight is 775 g/mol. The van der Waals surface area contributed by atoms with E-state index in [2.05, 4.69) is 151 Å². The van der Waals surface area contributed by atoms with E-state index in [-0.39, 0.29) is 74.3 Å². The molecule has 9 radical (unpaired) electrons. The molecule has 5 rings (SSSR count). The third kappa shape index (κ3) is 20.6. The molecule has 0 bridgehead atoms. The summed E-state index contributed by atoms with van der Waals surface area (Å²) < 4.78 is 0. The van der Waals surface area contributed by atoms with Crippen LogP contribution in [0.25, 0.3) is 10.8 Å². The third-order valence-corrected chi connectivity index (χ3v) is 7.11. The average Bonchev–Trinajstić information content (AvgIpc) is 3.64. The molecule has 3 aliphatic carbocycles. The molecule has 0 N–H and O–H groups in total. The molecule has 0 aromatic heterocycles. The summed E-state index contributed by atoms with van der Waals surface area (Å²) in [4.78, 5) is 0. The fourth-order valence-corrected chi connectivity index (χ4v) is 4.13. The zero-order valence-corrected chi connectivity index (χ0v) is 36.4. The number of hydrogen-bond acceptors (Lipinski definition) is 0. The van der Waals surface area contributed by atoms with Crippen molar-refractivity contribution in [2.24, 2.45) is 11.8 Å². The predicted octanol–water partition coefficient (Wildman–Crippen LogP) is 11.5. The summed E-state index contributed by atoms with van der Waals surface area (Å²) in [5.74, 6) is 1.12. The van der Waals surface area contributed by atoms with Gasteiger partial charge in [0.25, 0.3) is 0 Å². The zero-order valence-electron chi connectivity index (χ0n) is 29.5. The van der Waals surface area contributed by atoms with Crippen LogP contribution in [-0.2, 0) is 52.4 Å². The van der Waals surface area contributed by atoms with Crippen LogP contribution in [0.15, 0.2) is 87.6 Å². The van der Waals surface area contributed by atoms with Gasteiger partial charge in [0, 0.05) is 21.9 Å². The standard InChI is InChI=1S/C10H9.2C9H13.C6H7.C3H7.C3H6.2Si.2Zr/c1-8-6-9-4-2-3-5-10(9)7-8;2*1-6-5-7(2)9(4)8(6)3;1-6-4-2-3-5-6;2*1-3-2;;;;/h2-7H,1H3;2*6H,1-4H3;4-5H,2H2,1H3;1,3H2,2H3;1-3H2;;;;/q5*-1;-2;;;+3;+4. The molecule has 0 spiro atoms. The molecular formula is C40H55Si2Zr2. The van der Waals surface area contributed by atoms with E-state index in [1.54, 1.807) is 0 Å². The van der Waals surface area contributed by atoms with E-state index in [4.69, 9.17) is 0 Å². The Balaban J connectivity index is -0.000000142. The summed E-state index contributed by atoms with van der Waals surface area (Å²) in [6, 6.07) is 12.8. The molecule has 0 saturated heterocycles. The second-order valence-electron chi connectivity index (χ2n) is 10.6. The van der Waals surface area contributed by atoms with Crippen molar-refractivity contribution in [3.8, 4) is 0 Å². The van der Waals surface area contributed by atoms with Crippen molar-refractivity contribution >= 4 is 32.7 Å². The van der Waals surface area contributed by atoms with Gasteiger partial charge in [-0.15, -0.1) is 67.8 Å². The molecule has 231 valence electrons. The van der Waals surface area contributed by atoms with E-state index >= 15 is 0 Å². The SMILES string of the molecule is CC1=CC[C-]=C1.CC1=[C-]C(C)C(C)=C1C.CC1=[C-]C(C)C(C)=C1C.Cc1cc2ccccc2[cH-]1.[CH2-]CC.[CH2-]C[CH2-].[Si].[Si].[Zr+3].[Zr+4]. The van der Waals surface area contributed by atoms with Crippen LogP contribution in [0, 0.1) is 57.8 Å². The van der Waals surface area contributed by atoms with Gasteiger partial charge in [-0.05, 0) is 0 Å². The number of hydrogen-bond donors (Lipinski definition) is 0. The van der Waals surface area contributed by atoms with Crippen LogP contribution in [0.1, 0.15) is 94.1 Å². The first-order chi connectivity index (χ1) is 18.8. The fourth-order valence-electron chi connectivity index (χ4n) is 4.13. The second-order valence-corrected chi connectivity index (χ2v) is 10.6. The van der Waals surface area contributed by atoms with Crippen molar-refractivity contribution in [2.45, 2.75) is 95.4 Å². The van der Waals surface area contributed by atoms with Crippen molar-refractivity contribution < 1.29 is 52.4 Å². The van der Waals surface area contributed by atoms with Crippen LogP contribution in [0.3, 0.4) is 0 Å². The summed E-state index contributed by atoms with van der Waals surface area (Å²) >= 11 is 0. The fraction of sp³-hybridized carbons (Fsp3) is 0.400. The van der Waals surface area contributed by atoms with E-state index in [0.717, 1.165) is 19.3 Å². The molecule has 44 heavy (non-hydrogen) atoms. The van der Waals surface area contributed by atoms with Gasteiger partial charge in [-0.2, -0.15) is 40.9 Å². The van der Waals surface area contributed by atoms with Gasteiger partial charge in [0.15, 0.2) is 0 Å². The molecule has 0 heterocycles. The summed E-state index contributed by atoms with van der Waals surface area (Å²) in [6.07, 6.45) is 16.7. The number of rotatable bonds is 0. The van der Waals surface area contributed by atoms with Crippen molar-refractivity contribution in [3.05, 3.63) is 132 Å². The minimum atomic E-state index is 0. The first-order valence-electron chi connectivity index (χ1n) is 14.6. The maximum atomic E-state index is 3.49. The molecule has 3 aliphatic rings. The smallest absolute Gasteiger partial charge is 0.372 e. The van der Waals surface area contributed by atoms with Crippen LogP contribution in [-0.4, -0.2) is 21.9 Å². The van der Waals surface area contributed by atoms with Crippen LogP contribution >= 0.6 is 0 Å². The molecule has 2 aromatic carbocycles. The van der Waals surface area contributed by atoms with Gasteiger partial charge in [0.1, 0.15) is 0 Å². The first-order valence-corrected chi connectivity index (χ1v) is 14.6. The monoisotopic (exact) mass is 771 g/mol. The number of fused-ring (bicyclic) bond motifs is 1. The predicted molar refractivity (Wildman–Crippen MR) is 193 cm³/mol. The molecule has 2 unspecified atom stereocenters. The van der Waals surface area contributed by atoms with Gasteiger partial charge in [0.2, 0.25) is 0 Å². The molecule has 2 atom stereocenters.